The van der Waals surface area contributed by atoms with Crippen molar-refractivity contribution in [2.24, 2.45) is 0 Å². The molecule has 0 aliphatic heterocycles. The van der Waals surface area contributed by atoms with Crippen LogP contribution in [0, 0.1) is 6.92 Å². The fraction of sp³-hybridized carbons (Fsp3) is 0.231. The second-order valence-corrected chi connectivity index (χ2v) is 3.97. The molecule has 2 aromatic carbocycles. The van der Waals surface area contributed by atoms with E-state index in [2.05, 4.69) is 37.3 Å². The van der Waals surface area contributed by atoms with Gasteiger partial charge in [0.15, 0.2) is 0 Å². The Bertz CT molecular complexity index is 481. The molecule has 13 heavy (non-hydrogen) atoms. The molecule has 0 spiro atoms. The Labute approximate surface area is 78.2 Å². The second-order valence-electron chi connectivity index (χ2n) is 3.97. The third kappa shape index (κ3) is 0.983. The molecule has 0 radical (unpaired) electrons. The molecule has 0 saturated heterocycles. The zero-order chi connectivity index (χ0) is 8.84. The van der Waals surface area contributed by atoms with Crippen molar-refractivity contribution in [3.8, 4) is 0 Å². The van der Waals surface area contributed by atoms with E-state index in [9.17, 15) is 0 Å². The lowest BCUT2D eigenvalue weighted by Gasteiger charge is -2.19. The third-order valence-electron chi connectivity index (χ3n) is 2.98. The summed E-state index contributed by atoms with van der Waals surface area (Å²) in [6.07, 6.45) is 2.55. The van der Waals surface area contributed by atoms with Gasteiger partial charge in [-0.15, -0.1) is 0 Å². The lowest BCUT2D eigenvalue weighted by atomic mass is 9.86. The largest absolute Gasteiger partial charge is 0.0587 e. The molecule has 0 unspecified atom stereocenters. The first-order valence-electron chi connectivity index (χ1n) is 4.85. The zero-order valence-electron chi connectivity index (χ0n) is 7.80. The smallest absolute Gasteiger partial charge is 0.0178 e. The van der Waals surface area contributed by atoms with Gasteiger partial charge in [-0.1, -0.05) is 35.9 Å². The van der Waals surface area contributed by atoms with Crippen LogP contribution in [-0.2, 0) is 12.8 Å². The predicted molar refractivity (Wildman–Crippen MR) is 56.1 cm³/mol. The Balaban J connectivity index is 2.38. The van der Waals surface area contributed by atoms with E-state index in [1.165, 1.54) is 29.2 Å². The molecule has 0 bridgehead atoms. The van der Waals surface area contributed by atoms with Gasteiger partial charge in [0.2, 0.25) is 0 Å². The van der Waals surface area contributed by atoms with Gasteiger partial charge in [-0.2, -0.15) is 0 Å². The second kappa shape index (κ2) is 2.35. The van der Waals surface area contributed by atoms with Crippen LogP contribution in [0.2, 0.25) is 0 Å². The normalized spacial score (nSPS) is 13.9. The number of fused-ring (bicyclic) bond motifs is 2. The maximum absolute atomic E-state index is 2.35. The van der Waals surface area contributed by atoms with E-state index in [4.69, 9.17) is 0 Å². The van der Waals surface area contributed by atoms with Gasteiger partial charge in [-0.3, -0.25) is 0 Å². The maximum Gasteiger partial charge on any atom is -0.0178 e. The lowest BCUT2D eigenvalue weighted by molar-refractivity contribution is 0.844. The number of hydrogen-bond donors (Lipinski definition) is 0. The topological polar surface area (TPSA) is 0 Å². The molecule has 3 rings (SSSR count). The van der Waals surface area contributed by atoms with Gasteiger partial charge >= 0.3 is 0 Å². The average molecular weight is 168 g/mol. The van der Waals surface area contributed by atoms with E-state index in [1.807, 2.05) is 0 Å². The highest BCUT2D eigenvalue weighted by molar-refractivity contribution is 5.85. The van der Waals surface area contributed by atoms with Crippen LogP contribution in [0.5, 0.6) is 0 Å². The summed E-state index contributed by atoms with van der Waals surface area (Å²) in [5, 5.41) is 2.79. The van der Waals surface area contributed by atoms with Gasteiger partial charge in [0.05, 0.1) is 0 Å². The van der Waals surface area contributed by atoms with Crippen molar-refractivity contribution in [1.29, 1.82) is 0 Å². The highest BCUT2D eigenvalue weighted by Gasteiger charge is 2.12. The summed E-state index contributed by atoms with van der Waals surface area (Å²) in [4.78, 5) is 0. The van der Waals surface area contributed by atoms with E-state index in [1.54, 1.807) is 11.1 Å². The minimum Gasteiger partial charge on any atom is -0.0587 e. The minimum absolute atomic E-state index is 1.28. The first-order chi connectivity index (χ1) is 6.33. The molecule has 1 aliphatic rings. The van der Waals surface area contributed by atoms with Crippen LogP contribution >= 0.6 is 0 Å². The van der Waals surface area contributed by atoms with Gasteiger partial charge < -0.3 is 0 Å². The van der Waals surface area contributed by atoms with E-state index in [0.29, 0.717) is 0 Å². The van der Waals surface area contributed by atoms with E-state index in [-0.39, 0.29) is 0 Å². The summed E-state index contributed by atoms with van der Waals surface area (Å²) in [5.41, 5.74) is 4.46. The van der Waals surface area contributed by atoms with Crippen LogP contribution in [-0.4, -0.2) is 0 Å². The summed E-state index contributed by atoms with van der Waals surface area (Å²) in [6, 6.07) is 11.4. The van der Waals surface area contributed by atoms with Gasteiger partial charge in [0.25, 0.3) is 0 Å². The van der Waals surface area contributed by atoms with E-state index in [0.717, 1.165) is 0 Å². The van der Waals surface area contributed by atoms with Gasteiger partial charge in [-0.25, -0.2) is 0 Å². The first-order valence-corrected chi connectivity index (χ1v) is 4.85. The molecule has 0 nitrogen and oxygen atoms in total. The Hall–Kier alpha value is -1.30. The molecule has 0 amide bonds. The van der Waals surface area contributed by atoms with Crippen molar-refractivity contribution in [1.82, 2.24) is 0 Å². The molecule has 0 N–H and O–H groups in total. The third-order valence-corrected chi connectivity index (χ3v) is 2.98. The Kier molecular flexibility index (Phi) is 1.29. The highest BCUT2D eigenvalue weighted by Crippen LogP contribution is 2.28. The molecular formula is C13H12. The SMILES string of the molecule is Cc1ccc2cc3c(cc2c1)CC3. The number of rotatable bonds is 0. The summed E-state index contributed by atoms with van der Waals surface area (Å²) in [5.74, 6) is 0. The van der Waals surface area contributed by atoms with E-state index < -0.39 is 0 Å². The monoisotopic (exact) mass is 168 g/mol. The van der Waals surface area contributed by atoms with Crippen molar-refractivity contribution in [2.75, 3.05) is 0 Å². The molecule has 64 valence electrons. The van der Waals surface area contributed by atoms with Crippen molar-refractivity contribution in [3.63, 3.8) is 0 Å². The van der Waals surface area contributed by atoms with Gasteiger partial charge in [0, 0.05) is 0 Å². The van der Waals surface area contributed by atoms with Crippen molar-refractivity contribution in [2.45, 2.75) is 19.8 Å². The first kappa shape index (κ1) is 7.14. The quantitative estimate of drug-likeness (QED) is 0.566. The van der Waals surface area contributed by atoms with Crippen LogP contribution in [0.15, 0.2) is 30.3 Å². The summed E-state index contributed by atoms with van der Waals surface area (Å²) in [7, 11) is 0. The molecule has 0 aromatic heterocycles. The maximum atomic E-state index is 2.35. The van der Waals surface area contributed by atoms with Crippen molar-refractivity contribution < 1.29 is 0 Å². The van der Waals surface area contributed by atoms with Crippen LogP contribution in [0.25, 0.3) is 10.8 Å². The van der Waals surface area contributed by atoms with Crippen molar-refractivity contribution >= 4 is 10.8 Å². The lowest BCUT2D eigenvalue weighted by Crippen LogP contribution is -2.07. The molecule has 0 heteroatoms. The predicted octanol–water partition coefficient (Wildman–Crippen LogP) is 3.25. The fourth-order valence-electron chi connectivity index (χ4n) is 2.07. The molecular weight excluding hydrogens is 156 g/mol. The van der Waals surface area contributed by atoms with Crippen molar-refractivity contribution in [3.05, 3.63) is 47.0 Å². The van der Waals surface area contributed by atoms with Gasteiger partial charge in [0.1, 0.15) is 0 Å². The zero-order valence-corrected chi connectivity index (χ0v) is 7.80. The molecule has 0 fully saturated rings. The molecule has 2 aromatic rings. The summed E-state index contributed by atoms with van der Waals surface area (Å²) in [6.45, 7) is 2.15. The Morgan fingerprint density at radius 3 is 2.23 bits per heavy atom. The molecule has 0 atom stereocenters. The van der Waals surface area contributed by atoms with Crippen LogP contribution in [0.3, 0.4) is 0 Å². The van der Waals surface area contributed by atoms with Crippen LogP contribution in [0.4, 0.5) is 0 Å². The number of benzene rings is 2. The molecule has 0 saturated carbocycles. The average Bonchev–Trinajstić information content (AvgIpc) is 2.09. The standard InChI is InChI=1S/C13H12/c1-9-2-3-12-7-10-4-5-11(10)8-13(12)6-9/h2-3,6-8H,4-5H2,1H3. The summed E-state index contributed by atoms with van der Waals surface area (Å²) < 4.78 is 0. The minimum atomic E-state index is 1.28. The van der Waals surface area contributed by atoms with Gasteiger partial charge in [-0.05, 0) is 41.7 Å². The van der Waals surface area contributed by atoms with Crippen LogP contribution in [0.1, 0.15) is 16.7 Å². The van der Waals surface area contributed by atoms with Crippen LogP contribution < -0.4 is 0 Å². The Morgan fingerprint density at radius 2 is 1.54 bits per heavy atom. The summed E-state index contributed by atoms with van der Waals surface area (Å²) >= 11 is 0. The fourth-order valence-corrected chi connectivity index (χ4v) is 2.07. The Morgan fingerprint density at radius 1 is 0.846 bits per heavy atom. The highest BCUT2D eigenvalue weighted by atomic mass is 14.2. The molecule has 1 aliphatic carbocycles. The molecule has 0 heterocycles. The number of hydrogen-bond acceptors (Lipinski definition) is 0. The van der Waals surface area contributed by atoms with E-state index >= 15 is 0 Å². The number of aryl methyl sites for hydroxylation is 3.